The van der Waals surface area contributed by atoms with Gasteiger partial charge in [-0.1, -0.05) is 48.5 Å². The van der Waals surface area contributed by atoms with Gasteiger partial charge in [-0.05, 0) is 42.0 Å². The fourth-order valence-electron chi connectivity index (χ4n) is 4.18. The highest BCUT2D eigenvalue weighted by Crippen LogP contribution is 2.32. The minimum Gasteiger partial charge on any atom is -0.497 e. The first-order valence-corrected chi connectivity index (χ1v) is 13.8. The standard InChI is InChI=1S/C31H26N2O8S/c1-38-23-14-12-20(13-15-23)25-18-42-27-26(25)33(31(37)32-28(27)34)19-41-24(16-39-29(35)21-8-4-2-5-9-21)17-40-30(36)22-10-6-3-7-11-22/h2-15,18,24H,16-17,19H2,1H3,(H,32,34,37). The summed E-state index contributed by atoms with van der Waals surface area (Å²) < 4.78 is 23.8. The fraction of sp³-hybridized carbons (Fsp3) is 0.161. The fourth-order valence-corrected chi connectivity index (χ4v) is 5.15. The Bertz CT molecular complexity index is 1740. The van der Waals surface area contributed by atoms with Gasteiger partial charge in [0.15, 0.2) is 0 Å². The van der Waals surface area contributed by atoms with Crippen LogP contribution in [-0.2, 0) is 20.9 Å². The lowest BCUT2D eigenvalue weighted by atomic mass is 10.1. The van der Waals surface area contributed by atoms with Crippen molar-refractivity contribution in [2.75, 3.05) is 20.3 Å². The van der Waals surface area contributed by atoms with Gasteiger partial charge in [0, 0.05) is 10.9 Å². The van der Waals surface area contributed by atoms with E-state index in [1.54, 1.807) is 85.3 Å². The number of fused-ring (bicyclic) bond motifs is 1. The minimum absolute atomic E-state index is 0.258. The number of thiophene rings is 1. The number of hydrogen-bond acceptors (Lipinski definition) is 9. The van der Waals surface area contributed by atoms with E-state index in [4.69, 9.17) is 18.9 Å². The van der Waals surface area contributed by atoms with Gasteiger partial charge in [0.2, 0.25) is 0 Å². The van der Waals surface area contributed by atoms with Gasteiger partial charge in [0.1, 0.15) is 36.5 Å². The Kier molecular flexibility index (Phi) is 8.90. The maximum Gasteiger partial charge on any atom is 0.338 e. The van der Waals surface area contributed by atoms with Crippen LogP contribution in [0.5, 0.6) is 5.75 Å². The van der Waals surface area contributed by atoms with Crippen molar-refractivity contribution in [3.63, 3.8) is 0 Å². The summed E-state index contributed by atoms with van der Waals surface area (Å²) in [5, 5.41) is 1.79. The monoisotopic (exact) mass is 586 g/mol. The molecule has 0 radical (unpaired) electrons. The highest BCUT2D eigenvalue weighted by molar-refractivity contribution is 7.17. The van der Waals surface area contributed by atoms with Gasteiger partial charge < -0.3 is 18.9 Å². The number of aromatic amines is 1. The normalized spacial score (nSPS) is 11.0. The van der Waals surface area contributed by atoms with Gasteiger partial charge in [-0.15, -0.1) is 11.3 Å². The zero-order valence-corrected chi connectivity index (χ0v) is 23.3. The molecule has 2 aromatic heterocycles. The topological polar surface area (TPSA) is 126 Å². The Morgan fingerprint density at radius 2 is 1.40 bits per heavy atom. The van der Waals surface area contributed by atoms with Crippen LogP contribution in [0.2, 0.25) is 0 Å². The maximum absolute atomic E-state index is 13.0. The molecule has 0 fully saturated rings. The Morgan fingerprint density at radius 1 is 0.833 bits per heavy atom. The van der Waals surface area contributed by atoms with E-state index in [0.717, 1.165) is 5.56 Å². The summed E-state index contributed by atoms with van der Waals surface area (Å²) in [7, 11) is 1.56. The molecule has 42 heavy (non-hydrogen) atoms. The molecule has 2 heterocycles. The molecule has 214 valence electrons. The smallest absolute Gasteiger partial charge is 0.338 e. The van der Waals surface area contributed by atoms with Crippen molar-refractivity contribution in [2.45, 2.75) is 12.8 Å². The van der Waals surface area contributed by atoms with Crippen molar-refractivity contribution in [3.05, 3.63) is 122 Å². The van der Waals surface area contributed by atoms with Gasteiger partial charge >= 0.3 is 17.6 Å². The number of hydrogen-bond donors (Lipinski definition) is 1. The molecule has 10 nitrogen and oxygen atoms in total. The zero-order valence-electron chi connectivity index (χ0n) is 22.5. The van der Waals surface area contributed by atoms with Crippen molar-refractivity contribution in [2.24, 2.45) is 0 Å². The second-order valence-corrected chi connectivity index (χ2v) is 9.97. The first kappa shape index (κ1) is 28.5. The Hall–Kier alpha value is -5.00. The summed E-state index contributed by atoms with van der Waals surface area (Å²) in [6.07, 6.45) is -0.928. The first-order chi connectivity index (χ1) is 20.4. The molecule has 5 rings (SSSR count). The number of benzene rings is 3. The lowest BCUT2D eigenvalue weighted by molar-refractivity contribution is -0.0624. The van der Waals surface area contributed by atoms with Gasteiger partial charge in [0.25, 0.3) is 5.56 Å². The van der Waals surface area contributed by atoms with Crippen LogP contribution >= 0.6 is 11.3 Å². The number of rotatable bonds is 11. The second kappa shape index (κ2) is 13.1. The number of carbonyl (C=O) groups excluding carboxylic acids is 2. The number of ether oxygens (including phenoxy) is 4. The van der Waals surface area contributed by atoms with E-state index in [9.17, 15) is 19.2 Å². The van der Waals surface area contributed by atoms with E-state index in [1.807, 2.05) is 12.1 Å². The van der Waals surface area contributed by atoms with Crippen LogP contribution in [0.4, 0.5) is 0 Å². The third-order valence-electron chi connectivity index (χ3n) is 6.37. The van der Waals surface area contributed by atoms with Crippen molar-refractivity contribution in [1.82, 2.24) is 9.55 Å². The average molecular weight is 587 g/mol. The molecule has 1 N–H and O–H groups in total. The van der Waals surface area contributed by atoms with E-state index >= 15 is 0 Å². The van der Waals surface area contributed by atoms with E-state index in [0.29, 0.717) is 32.7 Å². The van der Waals surface area contributed by atoms with Crippen LogP contribution in [-0.4, -0.2) is 47.9 Å². The third kappa shape index (κ3) is 6.48. The number of methoxy groups -OCH3 is 1. The van der Waals surface area contributed by atoms with Gasteiger partial charge in [-0.3, -0.25) is 14.3 Å². The SMILES string of the molecule is COc1ccc(-c2csc3c(=O)[nH]c(=O)n(COC(COC(=O)c4ccccc4)COC(=O)c4ccccc4)c23)cc1. The summed E-state index contributed by atoms with van der Waals surface area (Å²) in [6, 6.07) is 24.1. The Morgan fingerprint density at radius 3 is 1.95 bits per heavy atom. The first-order valence-electron chi connectivity index (χ1n) is 12.9. The molecule has 0 unspecified atom stereocenters. The number of esters is 2. The van der Waals surface area contributed by atoms with Crippen LogP contribution in [0.15, 0.2) is 99.9 Å². The van der Waals surface area contributed by atoms with Gasteiger partial charge in [-0.2, -0.15) is 0 Å². The van der Waals surface area contributed by atoms with E-state index in [2.05, 4.69) is 4.98 Å². The van der Waals surface area contributed by atoms with Crippen LogP contribution < -0.4 is 16.0 Å². The van der Waals surface area contributed by atoms with Crippen LogP contribution in [0.1, 0.15) is 20.7 Å². The molecule has 0 aliphatic carbocycles. The molecule has 3 aromatic carbocycles. The molecule has 5 aromatic rings. The van der Waals surface area contributed by atoms with Gasteiger partial charge in [-0.25, -0.2) is 14.4 Å². The van der Waals surface area contributed by atoms with Gasteiger partial charge in [0.05, 0.1) is 23.8 Å². The summed E-state index contributed by atoms with van der Waals surface area (Å²) in [5.41, 5.74) is 1.32. The minimum atomic E-state index is -0.928. The third-order valence-corrected chi connectivity index (χ3v) is 7.33. The maximum atomic E-state index is 13.0. The highest BCUT2D eigenvalue weighted by Gasteiger charge is 2.20. The molecule has 11 heteroatoms. The lowest BCUT2D eigenvalue weighted by Gasteiger charge is -2.19. The molecule has 0 spiro atoms. The van der Waals surface area contributed by atoms with Crippen LogP contribution in [0.3, 0.4) is 0 Å². The summed E-state index contributed by atoms with van der Waals surface area (Å²) in [5.74, 6) is -0.501. The predicted octanol–water partition coefficient (Wildman–Crippen LogP) is 4.48. The Labute approximate surface area is 243 Å². The number of H-pyrrole nitrogens is 1. The molecular formula is C31H26N2O8S. The molecule has 0 bridgehead atoms. The molecule has 0 saturated carbocycles. The number of nitrogens with zero attached hydrogens (tertiary/aromatic N) is 1. The molecule has 0 atom stereocenters. The number of carbonyl (C=O) groups is 2. The molecular weight excluding hydrogens is 560 g/mol. The molecule has 0 saturated heterocycles. The number of nitrogens with one attached hydrogen (secondary N) is 1. The lowest BCUT2D eigenvalue weighted by Crippen LogP contribution is -2.34. The summed E-state index contributed by atoms with van der Waals surface area (Å²) >= 11 is 1.20. The van der Waals surface area contributed by atoms with Crippen molar-refractivity contribution in [1.29, 1.82) is 0 Å². The largest absolute Gasteiger partial charge is 0.497 e. The predicted molar refractivity (Wildman–Crippen MR) is 157 cm³/mol. The van der Waals surface area contributed by atoms with Crippen LogP contribution in [0, 0.1) is 0 Å². The summed E-state index contributed by atoms with van der Waals surface area (Å²) in [6.45, 7) is -0.833. The molecule has 0 amide bonds. The van der Waals surface area contributed by atoms with E-state index in [1.165, 1.54) is 15.9 Å². The zero-order chi connectivity index (χ0) is 29.5. The van der Waals surface area contributed by atoms with Crippen molar-refractivity contribution in [3.8, 4) is 16.9 Å². The Balaban J connectivity index is 1.40. The van der Waals surface area contributed by atoms with Crippen molar-refractivity contribution < 1.29 is 28.5 Å². The quantitative estimate of drug-likeness (QED) is 0.225. The second-order valence-electron chi connectivity index (χ2n) is 9.09. The van der Waals surface area contributed by atoms with E-state index in [-0.39, 0.29) is 19.9 Å². The van der Waals surface area contributed by atoms with Crippen LogP contribution in [0.25, 0.3) is 21.3 Å². The summed E-state index contributed by atoms with van der Waals surface area (Å²) in [4.78, 5) is 53.1. The van der Waals surface area contributed by atoms with E-state index < -0.39 is 29.3 Å². The van der Waals surface area contributed by atoms with Crippen molar-refractivity contribution >= 4 is 33.5 Å². The molecule has 0 aliphatic heterocycles. The molecule has 0 aliphatic rings. The average Bonchev–Trinajstić information content (AvgIpc) is 3.48. The number of aromatic nitrogens is 2. The highest BCUT2D eigenvalue weighted by atomic mass is 32.1.